The van der Waals surface area contributed by atoms with Crippen molar-refractivity contribution >= 4 is 0 Å². The lowest BCUT2D eigenvalue weighted by Crippen LogP contribution is -1.94. The van der Waals surface area contributed by atoms with Crippen molar-refractivity contribution in [3.8, 4) is 5.88 Å². The Labute approximate surface area is 60.6 Å². The first-order valence-electron chi connectivity index (χ1n) is 3.34. The molecule has 56 valence electrons. The van der Waals surface area contributed by atoms with E-state index in [4.69, 9.17) is 4.74 Å². The molecule has 0 saturated heterocycles. The fraction of sp³-hybridized carbons (Fsp3) is 0.571. The van der Waals surface area contributed by atoms with E-state index < -0.39 is 0 Å². The Morgan fingerprint density at radius 3 is 2.70 bits per heavy atom. The number of hydrogen-bond donors (Lipinski definition) is 0. The maximum Gasteiger partial charge on any atom is 0.211 e. The first-order chi connectivity index (χ1) is 4.77. The van der Waals surface area contributed by atoms with Crippen LogP contribution in [-0.4, -0.2) is 16.9 Å². The van der Waals surface area contributed by atoms with E-state index in [1.807, 2.05) is 13.1 Å². The molecule has 10 heavy (non-hydrogen) atoms. The van der Waals surface area contributed by atoms with Crippen molar-refractivity contribution in [3.05, 3.63) is 11.8 Å². The van der Waals surface area contributed by atoms with Gasteiger partial charge < -0.3 is 4.74 Å². The van der Waals surface area contributed by atoms with Crippen LogP contribution >= 0.6 is 0 Å². The minimum atomic E-state index is 0.817. The molecule has 0 bridgehead atoms. The van der Waals surface area contributed by atoms with Gasteiger partial charge in [0.2, 0.25) is 5.88 Å². The highest BCUT2D eigenvalue weighted by molar-refractivity contribution is 5.15. The minimum absolute atomic E-state index is 0.817. The van der Waals surface area contributed by atoms with E-state index in [1.54, 1.807) is 11.8 Å². The summed E-state index contributed by atoms with van der Waals surface area (Å²) in [5.74, 6) is 0.817. The minimum Gasteiger partial charge on any atom is -0.481 e. The summed E-state index contributed by atoms with van der Waals surface area (Å²) in [5, 5.41) is 4.19. The van der Waals surface area contributed by atoms with Crippen LogP contribution in [0.4, 0.5) is 0 Å². The molecular formula is C7H12N2O. The molecule has 0 aliphatic heterocycles. The van der Waals surface area contributed by atoms with Gasteiger partial charge in [-0.15, -0.1) is 0 Å². The highest BCUT2D eigenvalue weighted by Crippen LogP contribution is 2.10. The summed E-state index contributed by atoms with van der Waals surface area (Å²) in [6, 6.07) is 1.94. The Balaban J connectivity index is 2.92. The van der Waals surface area contributed by atoms with E-state index in [-0.39, 0.29) is 0 Å². The maximum absolute atomic E-state index is 5.03. The summed E-state index contributed by atoms with van der Waals surface area (Å²) >= 11 is 0. The van der Waals surface area contributed by atoms with Crippen molar-refractivity contribution < 1.29 is 4.74 Å². The molecule has 0 saturated carbocycles. The van der Waals surface area contributed by atoms with E-state index in [1.165, 1.54) is 0 Å². The van der Waals surface area contributed by atoms with Crippen molar-refractivity contribution in [1.82, 2.24) is 9.78 Å². The average Bonchev–Trinajstić information content (AvgIpc) is 2.30. The van der Waals surface area contributed by atoms with Gasteiger partial charge in [-0.3, -0.25) is 0 Å². The van der Waals surface area contributed by atoms with Gasteiger partial charge in [-0.25, -0.2) is 4.68 Å². The van der Waals surface area contributed by atoms with Crippen LogP contribution in [0, 0.1) is 0 Å². The Morgan fingerprint density at radius 2 is 2.40 bits per heavy atom. The maximum atomic E-state index is 5.03. The molecule has 3 nitrogen and oxygen atoms in total. The third-order valence-corrected chi connectivity index (χ3v) is 1.46. The fourth-order valence-corrected chi connectivity index (χ4v) is 0.871. The molecule has 1 heterocycles. The van der Waals surface area contributed by atoms with Crippen LogP contribution in [0.25, 0.3) is 0 Å². The number of methoxy groups -OCH3 is 1. The molecule has 0 fully saturated rings. The lowest BCUT2D eigenvalue weighted by molar-refractivity contribution is 0.373. The summed E-state index contributed by atoms with van der Waals surface area (Å²) in [5.41, 5.74) is 1.07. The molecule has 1 rings (SSSR count). The summed E-state index contributed by atoms with van der Waals surface area (Å²) in [4.78, 5) is 0. The van der Waals surface area contributed by atoms with Gasteiger partial charge in [0.15, 0.2) is 0 Å². The monoisotopic (exact) mass is 140 g/mol. The molecule has 0 aliphatic carbocycles. The van der Waals surface area contributed by atoms with Crippen LogP contribution in [-0.2, 0) is 13.5 Å². The molecule has 0 spiro atoms. The fourth-order valence-electron chi connectivity index (χ4n) is 0.871. The molecule has 0 aliphatic rings. The van der Waals surface area contributed by atoms with Gasteiger partial charge in [-0.2, -0.15) is 5.10 Å². The molecule has 0 unspecified atom stereocenters. The van der Waals surface area contributed by atoms with Gasteiger partial charge in [0.1, 0.15) is 0 Å². The smallest absolute Gasteiger partial charge is 0.211 e. The van der Waals surface area contributed by atoms with Gasteiger partial charge in [-0.05, 0) is 6.42 Å². The van der Waals surface area contributed by atoms with Gasteiger partial charge in [0.05, 0.1) is 12.8 Å². The zero-order valence-corrected chi connectivity index (χ0v) is 6.59. The van der Waals surface area contributed by atoms with E-state index >= 15 is 0 Å². The van der Waals surface area contributed by atoms with Gasteiger partial charge in [0, 0.05) is 13.1 Å². The number of rotatable bonds is 2. The first-order valence-corrected chi connectivity index (χ1v) is 3.34. The zero-order chi connectivity index (χ0) is 7.56. The second-order valence-electron chi connectivity index (χ2n) is 2.16. The summed E-state index contributed by atoms with van der Waals surface area (Å²) in [7, 11) is 3.52. The van der Waals surface area contributed by atoms with Crippen LogP contribution in [0.15, 0.2) is 6.07 Å². The molecule has 1 aromatic heterocycles. The molecule has 0 N–H and O–H groups in total. The molecule has 0 aromatic carbocycles. The van der Waals surface area contributed by atoms with Crippen molar-refractivity contribution in [3.63, 3.8) is 0 Å². The number of nitrogens with zero attached hydrogens (tertiary/aromatic N) is 2. The number of aromatic nitrogens is 2. The van der Waals surface area contributed by atoms with Crippen LogP contribution in [0.1, 0.15) is 12.6 Å². The SMILES string of the molecule is CCc1cc(OC)n(C)n1. The largest absolute Gasteiger partial charge is 0.481 e. The van der Waals surface area contributed by atoms with E-state index in [9.17, 15) is 0 Å². The lowest BCUT2D eigenvalue weighted by atomic mass is 10.3. The predicted octanol–water partition coefficient (Wildman–Crippen LogP) is 0.991. The first kappa shape index (κ1) is 7.12. The number of aryl methyl sites for hydroxylation is 2. The highest BCUT2D eigenvalue weighted by atomic mass is 16.5. The Kier molecular flexibility index (Phi) is 1.94. The van der Waals surface area contributed by atoms with Gasteiger partial charge in [-0.1, -0.05) is 6.92 Å². The lowest BCUT2D eigenvalue weighted by Gasteiger charge is -1.95. The zero-order valence-electron chi connectivity index (χ0n) is 6.59. The van der Waals surface area contributed by atoms with Crippen molar-refractivity contribution in [2.45, 2.75) is 13.3 Å². The van der Waals surface area contributed by atoms with Crippen LogP contribution in [0.2, 0.25) is 0 Å². The Bertz CT molecular complexity index is 217. The normalized spacial score (nSPS) is 9.90. The van der Waals surface area contributed by atoms with Crippen molar-refractivity contribution in [2.24, 2.45) is 7.05 Å². The Hall–Kier alpha value is -0.990. The predicted molar refractivity (Wildman–Crippen MR) is 39.1 cm³/mol. The van der Waals surface area contributed by atoms with Gasteiger partial charge >= 0.3 is 0 Å². The molecule has 1 aromatic rings. The van der Waals surface area contributed by atoms with Crippen molar-refractivity contribution in [1.29, 1.82) is 0 Å². The average molecular weight is 140 g/mol. The topological polar surface area (TPSA) is 27.1 Å². The van der Waals surface area contributed by atoms with Crippen LogP contribution in [0.3, 0.4) is 0 Å². The third-order valence-electron chi connectivity index (χ3n) is 1.46. The highest BCUT2D eigenvalue weighted by Gasteiger charge is 2.00. The van der Waals surface area contributed by atoms with E-state index in [2.05, 4.69) is 12.0 Å². The van der Waals surface area contributed by atoms with E-state index in [0.29, 0.717) is 0 Å². The molecule has 3 heteroatoms. The molecular weight excluding hydrogens is 128 g/mol. The number of ether oxygens (including phenoxy) is 1. The van der Waals surface area contributed by atoms with Crippen LogP contribution < -0.4 is 4.74 Å². The van der Waals surface area contributed by atoms with Crippen LogP contribution in [0.5, 0.6) is 5.88 Å². The standard InChI is InChI=1S/C7H12N2O/c1-4-6-5-7(10-3)9(2)8-6/h5H,4H2,1-3H3. The summed E-state index contributed by atoms with van der Waals surface area (Å²) in [6.07, 6.45) is 0.956. The second kappa shape index (κ2) is 2.73. The van der Waals surface area contributed by atoms with Gasteiger partial charge in [0.25, 0.3) is 0 Å². The molecule has 0 amide bonds. The molecule has 0 atom stereocenters. The third kappa shape index (κ3) is 1.12. The molecule has 0 radical (unpaired) electrons. The van der Waals surface area contributed by atoms with E-state index in [0.717, 1.165) is 18.0 Å². The number of hydrogen-bond acceptors (Lipinski definition) is 2. The second-order valence-corrected chi connectivity index (χ2v) is 2.16. The van der Waals surface area contributed by atoms with Crippen molar-refractivity contribution in [2.75, 3.05) is 7.11 Å². The summed E-state index contributed by atoms with van der Waals surface area (Å²) < 4.78 is 6.76. The Morgan fingerprint density at radius 1 is 1.70 bits per heavy atom. The quantitative estimate of drug-likeness (QED) is 0.612. The summed E-state index contributed by atoms with van der Waals surface area (Å²) in [6.45, 7) is 2.07.